The molecular formula is C44H48ClF4N7O4S3. The molecular weight excluding hydrogens is 898 g/mol. The van der Waals surface area contributed by atoms with Gasteiger partial charge in [0.1, 0.15) is 22.9 Å². The lowest BCUT2D eigenvalue weighted by atomic mass is 9.96. The summed E-state index contributed by atoms with van der Waals surface area (Å²) in [5, 5.41) is 3.38. The zero-order valence-electron chi connectivity index (χ0n) is 34.8. The summed E-state index contributed by atoms with van der Waals surface area (Å²) in [5.74, 6) is -0.296. The highest BCUT2D eigenvalue weighted by atomic mass is 35.5. The lowest BCUT2D eigenvalue weighted by Gasteiger charge is -2.40. The minimum absolute atomic E-state index is 0.0301. The van der Waals surface area contributed by atoms with E-state index in [-0.39, 0.29) is 28.7 Å². The van der Waals surface area contributed by atoms with Gasteiger partial charge in [-0.3, -0.25) is 19.4 Å². The summed E-state index contributed by atoms with van der Waals surface area (Å²) < 4.78 is 114. The second-order valence-corrected chi connectivity index (χ2v) is 21.3. The van der Waals surface area contributed by atoms with Crippen molar-refractivity contribution >= 4 is 54.7 Å². The van der Waals surface area contributed by atoms with Crippen molar-refractivity contribution in [1.82, 2.24) is 24.7 Å². The average molecular weight is 947 g/mol. The lowest BCUT2D eigenvalue weighted by molar-refractivity contribution is -0.0435. The number of rotatable bonds is 15. The maximum absolute atomic E-state index is 15.2. The highest BCUT2D eigenvalue weighted by Crippen LogP contribution is 2.38. The molecule has 1 fully saturated rings. The van der Waals surface area contributed by atoms with Gasteiger partial charge in [-0.1, -0.05) is 54.1 Å². The molecule has 2 aliphatic rings. The number of nitrogens with zero attached hydrogens (tertiary/aromatic N) is 5. The van der Waals surface area contributed by atoms with Crippen molar-refractivity contribution < 1.29 is 34.4 Å². The molecule has 0 spiro atoms. The number of aromatic nitrogens is 2. The summed E-state index contributed by atoms with van der Waals surface area (Å²) >= 11 is 7.64. The molecule has 4 aromatic carbocycles. The monoisotopic (exact) mass is 945 g/mol. The number of hydrogen-bond donors (Lipinski definition) is 2. The van der Waals surface area contributed by atoms with Crippen molar-refractivity contribution in [3.8, 4) is 11.1 Å². The minimum atomic E-state index is -5.99. The van der Waals surface area contributed by atoms with Gasteiger partial charge in [0, 0.05) is 52.8 Å². The van der Waals surface area contributed by atoms with E-state index in [0.29, 0.717) is 60.4 Å². The first-order valence-corrected chi connectivity index (χ1v) is 24.6. The summed E-state index contributed by atoms with van der Waals surface area (Å²) in [4.78, 5) is 14.2. The normalized spacial score (nSPS) is 16.7. The van der Waals surface area contributed by atoms with Crippen LogP contribution in [0, 0.1) is 5.82 Å². The summed E-state index contributed by atoms with van der Waals surface area (Å²) in [6, 6.07) is 24.3. The topological polar surface area (TPSA) is 128 Å². The molecule has 7 rings (SSSR count). The zero-order chi connectivity index (χ0) is 45.1. The van der Waals surface area contributed by atoms with Crippen LogP contribution >= 0.6 is 23.4 Å². The molecule has 5 aromatic rings. The van der Waals surface area contributed by atoms with Gasteiger partial charge in [0.25, 0.3) is 19.9 Å². The summed E-state index contributed by atoms with van der Waals surface area (Å²) in [5.41, 5.74) is -2.60. The van der Waals surface area contributed by atoms with E-state index in [9.17, 15) is 30.0 Å². The molecule has 0 radical (unpaired) electrons. The van der Waals surface area contributed by atoms with E-state index < -0.39 is 41.2 Å². The predicted octanol–water partition coefficient (Wildman–Crippen LogP) is 8.92. The van der Waals surface area contributed by atoms with Crippen molar-refractivity contribution in [1.29, 1.82) is 0 Å². The Kier molecular flexibility index (Phi) is 14.4. The van der Waals surface area contributed by atoms with Crippen LogP contribution in [0.2, 0.25) is 5.02 Å². The number of fused-ring (bicyclic) bond motifs is 1. The zero-order valence-corrected chi connectivity index (χ0v) is 38.0. The van der Waals surface area contributed by atoms with Crippen LogP contribution in [0.25, 0.3) is 11.1 Å². The largest absolute Gasteiger partial charge is 0.501 e. The standard InChI is InChI=1S/C44H48ClF4N7O4S3/c1-29(24-42(54(2)3)61-33-8-5-4-6-9-33)52-39-17-16-34(25-41(39)62(57,58)44(47,48)49)63(59,60)53-43-36-20-23-56(27-40(36)50-28-51-43)32-18-21-55(22-19-32)26-37-35(10-7-11-38(37)46)30-12-14-31(45)15-13-30/h4-17,25,28-29,32,42,52H,18-24,26-27H2,1-3H3,(H,50,51,53). The van der Waals surface area contributed by atoms with Crippen molar-refractivity contribution in [3.63, 3.8) is 0 Å². The fourth-order valence-corrected chi connectivity index (χ4v) is 11.5. The first-order valence-electron chi connectivity index (χ1n) is 20.3. The number of halogens is 5. The lowest BCUT2D eigenvalue weighted by Crippen LogP contribution is -2.46. The Bertz CT molecular complexity index is 2620. The molecule has 0 amide bonds. The number of hydrogen-bond acceptors (Lipinski definition) is 11. The van der Waals surface area contributed by atoms with Gasteiger partial charge in [-0.05, 0) is 119 Å². The van der Waals surface area contributed by atoms with Gasteiger partial charge in [-0.15, -0.1) is 11.8 Å². The predicted molar refractivity (Wildman–Crippen MR) is 239 cm³/mol. The third-order valence-electron chi connectivity index (χ3n) is 11.4. The molecule has 0 bridgehead atoms. The van der Waals surface area contributed by atoms with Crippen LogP contribution in [0.1, 0.15) is 43.0 Å². The number of sulfonamides is 1. The van der Waals surface area contributed by atoms with E-state index in [1.807, 2.05) is 67.5 Å². The molecule has 1 aromatic heterocycles. The van der Waals surface area contributed by atoms with Crippen molar-refractivity contribution in [3.05, 3.63) is 125 Å². The van der Waals surface area contributed by atoms with Crippen LogP contribution in [0.3, 0.4) is 0 Å². The summed E-state index contributed by atoms with van der Waals surface area (Å²) in [7, 11) is -6.90. The summed E-state index contributed by atoms with van der Waals surface area (Å²) in [6.45, 7) is 4.62. The second kappa shape index (κ2) is 19.4. The van der Waals surface area contributed by atoms with Crippen LogP contribution in [0.4, 0.5) is 29.1 Å². The van der Waals surface area contributed by atoms with Gasteiger partial charge in [0.05, 0.1) is 21.7 Å². The van der Waals surface area contributed by atoms with E-state index in [1.54, 1.807) is 36.9 Å². The summed E-state index contributed by atoms with van der Waals surface area (Å²) in [6.07, 6.45) is 3.65. The number of piperidine rings is 1. The quantitative estimate of drug-likeness (QED) is 0.0594. The third kappa shape index (κ3) is 11.0. The number of alkyl halides is 3. The molecule has 2 N–H and O–H groups in total. The number of sulfone groups is 1. The Morgan fingerprint density at radius 2 is 1.63 bits per heavy atom. The molecule has 1 saturated heterocycles. The third-order valence-corrected chi connectivity index (χ3v) is 15.9. The number of nitrogens with one attached hydrogen (secondary N) is 2. The Balaban J connectivity index is 1.03. The smallest absolute Gasteiger partial charge is 0.381 e. The number of benzene rings is 4. The van der Waals surface area contributed by atoms with Gasteiger partial charge in [-0.25, -0.2) is 31.2 Å². The van der Waals surface area contributed by atoms with Crippen LogP contribution in [-0.4, -0.2) is 98.2 Å². The fraction of sp³-hybridized carbons (Fsp3) is 0.364. The molecule has 0 saturated carbocycles. The maximum atomic E-state index is 15.2. The molecule has 2 aliphatic heterocycles. The number of thioether (sulfide) groups is 1. The van der Waals surface area contributed by atoms with Gasteiger partial charge in [0.2, 0.25) is 0 Å². The van der Waals surface area contributed by atoms with E-state index >= 15 is 4.39 Å². The van der Waals surface area contributed by atoms with Crippen LogP contribution in [0.15, 0.2) is 112 Å². The maximum Gasteiger partial charge on any atom is 0.501 e. The molecule has 0 aliphatic carbocycles. The Hall–Kier alpha value is -4.30. The van der Waals surface area contributed by atoms with Gasteiger partial charge in [-0.2, -0.15) is 13.2 Å². The number of anilines is 2. The Morgan fingerprint density at radius 1 is 0.921 bits per heavy atom. The fourth-order valence-electron chi connectivity index (χ4n) is 8.03. The van der Waals surface area contributed by atoms with Gasteiger partial charge >= 0.3 is 5.51 Å². The molecule has 336 valence electrons. The second-order valence-electron chi connectivity index (χ2n) is 16.0. The highest BCUT2D eigenvalue weighted by Gasteiger charge is 2.48. The number of likely N-dealkylation sites (tertiary alicyclic amines) is 1. The van der Waals surface area contributed by atoms with E-state index in [4.69, 9.17) is 11.6 Å². The van der Waals surface area contributed by atoms with Crippen LogP contribution in [-0.2, 0) is 39.4 Å². The van der Waals surface area contributed by atoms with E-state index in [1.165, 1.54) is 12.4 Å². The first-order chi connectivity index (χ1) is 29.9. The van der Waals surface area contributed by atoms with E-state index in [2.05, 4.69) is 29.8 Å². The molecule has 2 atom stereocenters. The van der Waals surface area contributed by atoms with Crippen molar-refractivity contribution in [2.75, 3.05) is 43.8 Å². The Morgan fingerprint density at radius 3 is 2.32 bits per heavy atom. The average Bonchev–Trinajstić information content (AvgIpc) is 3.24. The molecule has 19 heteroatoms. The molecule has 63 heavy (non-hydrogen) atoms. The van der Waals surface area contributed by atoms with Crippen LogP contribution < -0.4 is 10.0 Å². The minimum Gasteiger partial charge on any atom is -0.381 e. The van der Waals surface area contributed by atoms with E-state index in [0.717, 1.165) is 54.1 Å². The first kappa shape index (κ1) is 46.7. The highest BCUT2D eigenvalue weighted by molar-refractivity contribution is 7.99. The van der Waals surface area contributed by atoms with Crippen LogP contribution in [0.5, 0.6) is 0 Å². The van der Waals surface area contributed by atoms with Gasteiger partial charge in [0.15, 0.2) is 0 Å². The molecule has 3 heterocycles. The van der Waals surface area contributed by atoms with Gasteiger partial charge < -0.3 is 5.32 Å². The Labute approximate surface area is 375 Å². The molecule has 11 nitrogen and oxygen atoms in total. The van der Waals surface area contributed by atoms with Crippen molar-refractivity contribution in [2.24, 2.45) is 0 Å². The van der Waals surface area contributed by atoms with Crippen molar-refractivity contribution in [2.45, 2.75) is 83.3 Å². The molecule has 2 unspecified atom stereocenters. The SMILES string of the molecule is CC(CC(Sc1ccccc1)N(C)C)Nc1ccc(S(=O)(=O)Nc2ncnc3c2CCN(C2CCN(Cc4c(F)cccc4-c4ccc(Cl)cc4)CC2)C3)cc1S(=O)(=O)C(F)(F)F.